The number of hydrogen-bond acceptors (Lipinski definition) is 3. The summed E-state index contributed by atoms with van der Waals surface area (Å²) in [5.41, 5.74) is 1.58. The van der Waals surface area contributed by atoms with E-state index in [1.54, 1.807) is 38.4 Å². The van der Waals surface area contributed by atoms with Crippen LogP contribution in [0.4, 0.5) is 0 Å². The van der Waals surface area contributed by atoms with Crippen molar-refractivity contribution in [3.05, 3.63) is 57.5 Å². The zero-order chi connectivity index (χ0) is 14.7. The van der Waals surface area contributed by atoms with Crippen LogP contribution in [0.2, 0.25) is 0 Å². The highest BCUT2D eigenvalue weighted by Gasteiger charge is 2.16. The molecule has 0 atom stereocenters. The van der Waals surface area contributed by atoms with Crippen LogP contribution < -0.4 is 5.56 Å². The van der Waals surface area contributed by atoms with Crippen LogP contribution in [-0.4, -0.2) is 32.7 Å². The molecular weight excluding hydrogens is 258 g/mol. The molecule has 1 aromatic heterocycles. The van der Waals surface area contributed by atoms with Gasteiger partial charge in [-0.25, -0.2) is 0 Å². The molecule has 6 heteroatoms. The van der Waals surface area contributed by atoms with Gasteiger partial charge in [-0.3, -0.25) is 19.4 Å². The molecule has 1 aromatic carbocycles. The fraction of sp³-hybridized carbons (Fsp3) is 0.286. The van der Waals surface area contributed by atoms with Crippen molar-refractivity contribution < 1.29 is 9.90 Å². The summed E-state index contributed by atoms with van der Waals surface area (Å²) in [5.74, 6) is -0.195. The van der Waals surface area contributed by atoms with E-state index in [0.29, 0.717) is 23.4 Å². The Labute approximate surface area is 116 Å². The second kappa shape index (κ2) is 5.75. The van der Waals surface area contributed by atoms with Crippen molar-refractivity contribution in [3.8, 4) is 0 Å². The fourth-order valence-corrected chi connectivity index (χ4v) is 2.03. The highest BCUT2D eigenvalue weighted by molar-refractivity contribution is 5.95. The Bertz CT molecular complexity index is 672. The van der Waals surface area contributed by atoms with Gasteiger partial charge >= 0.3 is 0 Å². The maximum atomic E-state index is 12.3. The van der Waals surface area contributed by atoms with Crippen molar-refractivity contribution >= 4 is 5.91 Å². The molecule has 1 amide bonds. The zero-order valence-corrected chi connectivity index (χ0v) is 11.5. The Morgan fingerprint density at radius 2 is 2.10 bits per heavy atom. The number of nitrogens with zero attached hydrogens (tertiary/aromatic N) is 2. The molecule has 0 radical (unpaired) electrons. The van der Waals surface area contributed by atoms with Crippen LogP contribution in [0, 0.1) is 0 Å². The van der Waals surface area contributed by atoms with E-state index in [-0.39, 0.29) is 18.1 Å². The Hall–Kier alpha value is -2.34. The van der Waals surface area contributed by atoms with Crippen molar-refractivity contribution in [1.29, 1.82) is 0 Å². The van der Waals surface area contributed by atoms with Crippen LogP contribution in [0.15, 0.2) is 35.1 Å². The number of amides is 1. The number of aromatic nitrogens is 2. The average Bonchev–Trinajstić information content (AvgIpc) is 2.76. The lowest BCUT2D eigenvalue weighted by atomic mass is 10.1. The number of hydrogen-bond donors (Lipinski definition) is 2. The summed E-state index contributed by atoms with van der Waals surface area (Å²) >= 11 is 0. The Morgan fingerprint density at radius 1 is 1.40 bits per heavy atom. The molecule has 20 heavy (non-hydrogen) atoms. The number of aliphatic hydroxyl groups excluding tert-OH is 1. The fourth-order valence-electron chi connectivity index (χ4n) is 2.03. The van der Waals surface area contributed by atoms with Gasteiger partial charge in [0.15, 0.2) is 0 Å². The van der Waals surface area contributed by atoms with E-state index in [9.17, 15) is 14.7 Å². The van der Waals surface area contributed by atoms with Gasteiger partial charge in [-0.1, -0.05) is 18.2 Å². The first-order valence-corrected chi connectivity index (χ1v) is 6.22. The molecule has 0 unspecified atom stereocenters. The summed E-state index contributed by atoms with van der Waals surface area (Å²) in [4.78, 5) is 25.2. The monoisotopic (exact) mass is 275 g/mol. The maximum absolute atomic E-state index is 12.3. The number of aryl methyl sites for hydroxylation is 1. The van der Waals surface area contributed by atoms with E-state index < -0.39 is 0 Å². The number of aliphatic hydroxyl groups is 1. The lowest BCUT2D eigenvalue weighted by Crippen LogP contribution is -2.27. The molecule has 0 aliphatic heterocycles. The largest absolute Gasteiger partial charge is 0.392 e. The highest BCUT2D eigenvalue weighted by Crippen LogP contribution is 2.12. The van der Waals surface area contributed by atoms with Crippen LogP contribution in [0.5, 0.6) is 0 Å². The normalized spacial score (nSPS) is 10.6. The molecule has 0 bridgehead atoms. The molecule has 2 aromatic rings. The van der Waals surface area contributed by atoms with Gasteiger partial charge in [0.2, 0.25) is 0 Å². The van der Waals surface area contributed by atoms with Crippen molar-refractivity contribution in [1.82, 2.24) is 14.7 Å². The molecule has 0 aliphatic rings. The highest BCUT2D eigenvalue weighted by atomic mass is 16.3. The summed E-state index contributed by atoms with van der Waals surface area (Å²) < 4.78 is 1.36. The van der Waals surface area contributed by atoms with Crippen LogP contribution in [0.1, 0.15) is 21.6 Å². The first-order chi connectivity index (χ1) is 9.52. The first kappa shape index (κ1) is 14.1. The number of nitrogens with one attached hydrogen (secondary N) is 1. The third kappa shape index (κ3) is 2.80. The number of carbonyl (C=O) groups excluding carboxylic acids is 1. The van der Waals surface area contributed by atoms with Crippen molar-refractivity contribution in [2.75, 3.05) is 7.05 Å². The van der Waals surface area contributed by atoms with Crippen LogP contribution in [-0.2, 0) is 20.2 Å². The van der Waals surface area contributed by atoms with Gasteiger partial charge in [0.05, 0.1) is 18.8 Å². The van der Waals surface area contributed by atoms with Crippen molar-refractivity contribution in [3.63, 3.8) is 0 Å². The SMILES string of the molecule is CN(Cc1cc(=O)n(C)[nH]1)C(=O)c1ccccc1CO. The number of carbonyl (C=O) groups is 1. The second-order valence-corrected chi connectivity index (χ2v) is 4.66. The summed E-state index contributed by atoms with van der Waals surface area (Å²) in [5, 5.41) is 12.1. The third-order valence-corrected chi connectivity index (χ3v) is 3.11. The van der Waals surface area contributed by atoms with E-state index in [1.165, 1.54) is 15.6 Å². The Balaban J connectivity index is 2.18. The summed E-state index contributed by atoms with van der Waals surface area (Å²) in [6.45, 7) is 0.118. The van der Waals surface area contributed by atoms with Gasteiger partial charge in [0, 0.05) is 25.7 Å². The molecule has 1 heterocycles. The molecule has 2 N–H and O–H groups in total. The summed E-state index contributed by atoms with van der Waals surface area (Å²) in [6, 6.07) is 8.38. The molecule has 0 saturated heterocycles. The van der Waals surface area contributed by atoms with E-state index in [1.807, 2.05) is 0 Å². The molecule has 2 rings (SSSR count). The molecule has 6 nitrogen and oxygen atoms in total. The zero-order valence-electron chi connectivity index (χ0n) is 11.5. The second-order valence-electron chi connectivity index (χ2n) is 4.66. The Morgan fingerprint density at radius 3 is 2.70 bits per heavy atom. The topological polar surface area (TPSA) is 78.3 Å². The predicted molar refractivity (Wildman–Crippen MR) is 74.2 cm³/mol. The quantitative estimate of drug-likeness (QED) is 0.851. The summed E-state index contributed by atoms with van der Waals surface area (Å²) in [6.07, 6.45) is 0. The van der Waals surface area contributed by atoms with Gasteiger partial charge in [-0.2, -0.15) is 0 Å². The smallest absolute Gasteiger partial charge is 0.266 e. The minimum absolute atomic E-state index is 0.142. The van der Waals surface area contributed by atoms with Crippen molar-refractivity contribution in [2.45, 2.75) is 13.2 Å². The predicted octanol–water partition coefficient (Wildman–Crippen LogP) is 0.478. The first-order valence-electron chi connectivity index (χ1n) is 6.22. The van der Waals surface area contributed by atoms with E-state index in [2.05, 4.69) is 5.10 Å². The number of aromatic amines is 1. The summed E-state index contributed by atoms with van der Waals surface area (Å²) in [7, 11) is 3.27. The number of H-pyrrole nitrogens is 1. The van der Waals surface area contributed by atoms with Crippen LogP contribution >= 0.6 is 0 Å². The van der Waals surface area contributed by atoms with Gasteiger partial charge in [0.25, 0.3) is 11.5 Å². The van der Waals surface area contributed by atoms with Gasteiger partial charge < -0.3 is 10.0 Å². The minimum Gasteiger partial charge on any atom is -0.392 e. The average molecular weight is 275 g/mol. The van der Waals surface area contributed by atoms with E-state index >= 15 is 0 Å². The lowest BCUT2D eigenvalue weighted by molar-refractivity contribution is 0.0780. The molecule has 0 aliphatic carbocycles. The molecule has 106 valence electrons. The van der Waals surface area contributed by atoms with E-state index in [0.717, 1.165) is 0 Å². The molecular formula is C14H17N3O3. The maximum Gasteiger partial charge on any atom is 0.266 e. The molecule has 0 spiro atoms. The molecule has 0 saturated carbocycles. The third-order valence-electron chi connectivity index (χ3n) is 3.11. The van der Waals surface area contributed by atoms with Crippen molar-refractivity contribution in [2.24, 2.45) is 7.05 Å². The van der Waals surface area contributed by atoms with Gasteiger partial charge in [-0.15, -0.1) is 0 Å². The van der Waals surface area contributed by atoms with Gasteiger partial charge in [-0.05, 0) is 11.6 Å². The van der Waals surface area contributed by atoms with Gasteiger partial charge in [0.1, 0.15) is 0 Å². The molecule has 0 fully saturated rings. The van der Waals surface area contributed by atoms with Crippen LogP contribution in [0.3, 0.4) is 0 Å². The van der Waals surface area contributed by atoms with Crippen LogP contribution in [0.25, 0.3) is 0 Å². The number of rotatable bonds is 4. The minimum atomic E-state index is -0.195. The van der Waals surface area contributed by atoms with E-state index in [4.69, 9.17) is 0 Å². The lowest BCUT2D eigenvalue weighted by Gasteiger charge is -2.17. The number of benzene rings is 1. The Kier molecular flexibility index (Phi) is 4.05. The standard InChI is InChI=1S/C14H17N3O3/c1-16(8-11-7-13(19)17(2)15-11)14(20)12-6-4-3-5-10(12)9-18/h3-7,15,18H,8-9H2,1-2H3.